The fourth-order valence-electron chi connectivity index (χ4n) is 4.62. The van der Waals surface area contributed by atoms with E-state index in [4.69, 9.17) is 30.8 Å². The third-order valence-electron chi connectivity index (χ3n) is 6.39. The number of phenols is 1. The third-order valence-corrected chi connectivity index (χ3v) is 6.62. The quantitative estimate of drug-likeness (QED) is 0.643. The first kappa shape index (κ1) is 24.2. The maximum atomic E-state index is 12.2. The molecule has 9 heteroatoms. The lowest BCUT2D eigenvalue weighted by atomic mass is 9.87. The maximum Gasteiger partial charge on any atom is 0.409 e. The first-order valence-corrected chi connectivity index (χ1v) is 11.7. The molecule has 2 aromatic carbocycles. The van der Waals surface area contributed by atoms with Gasteiger partial charge in [0.2, 0.25) is 0 Å². The van der Waals surface area contributed by atoms with Gasteiger partial charge >= 0.3 is 6.09 Å². The van der Waals surface area contributed by atoms with E-state index in [1.54, 1.807) is 44.2 Å². The third kappa shape index (κ3) is 4.93. The molecule has 0 unspecified atom stereocenters. The van der Waals surface area contributed by atoms with Crippen molar-refractivity contribution < 1.29 is 24.1 Å². The number of hydrogen-bond acceptors (Lipinski definition) is 7. The molecule has 0 saturated carbocycles. The van der Waals surface area contributed by atoms with E-state index in [2.05, 4.69) is 5.32 Å². The molecule has 1 amide bonds. The Morgan fingerprint density at radius 1 is 1.18 bits per heavy atom. The Morgan fingerprint density at radius 2 is 1.91 bits per heavy atom. The lowest BCUT2D eigenvalue weighted by Crippen LogP contribution is -2.56. The number of piperidine rings is 1. The summed E-state index contributed by atoms with van der Waals surface area (Å²) in [5, 5.41) is 14.8. The van der Waals surface area contributed by atoms with Gasteiger partial charge in [0, 0.05) is 54.7 Å². The molecule has 1 atom stereocenters. The number of hydrogen-bond donors (Lipinski definition) is 2. The van der Waals surface area contributed by atoms with Crippen LogP contribution in [0.4, 0.5) is 4.79 Å². The number of aromatic hydroxyl groups is 1. The van der Waals surface area contributed by atoms with E-state index in [0.29, 0.717) is 61.0 Å². The van der Waals surface area contributed by atoms with Crippen LogP contribution in [0.3, 0.4) is 0 Å². The number of ether oxygens (including phenoxy) is 3. The van der Waals surface area contributed by atoms with Crippen molar-refractivity contribution >= 4 is 23.4 Å². The van der Waals surface area contributed by atoms with Crippen molar-refractivity contribution in [2.75, 3.05) is 33.9 Å². The number of nitrogens with zero attached hydrogens (tertiary/aromatic N) is 2. The zero-order valence-electron chi connectivity index (χ0n) is 19.6. The van der Waals surface area contributed by atoms with Crippen LogP contribution >= 0.6 is 11.6 Å². The molecule has 8 nitrogen and oxygen atoms in total. The van der Waals surface area contributed by atoms with Crippen LogP contribution in [0.25, 0.3) is 0 Å². The minimum atomic E-state index is -0.594. The Morgan fingerprint density at radius 3 is 2.59 bits per heavy atom. The first-order chi connectivity index (χ1) is 16.4. The molecular weight excluding hydrogens is 458 g/mol. The Labute approximate surface area is 204 Å². The minimum Gasteiger partial charge on any atom is -0.507 e. The van der Waals surface area contributed by atoms with Gasteiger partial charge in [0.1, 0.15) is 11.4 Å². The molecule has 2 aliphatic rings. The summed E-state index contributed by atoms with van der Waals surface area (Å²) in [4.78, 5) is 19.0. The monoisotopic (exact) mass is 487 g/mol. The number of halogens is 1. The van der Waals surface area contributed by atoms with Crippen molar-refractivity contribution in [1.29, 1.82) is 0 Å². The molecule has 2 heterocycles. The van der Waals surface area contributed by atoms with Crippen molar-refractivity contribution in [3.63, 3.8) is 0 Å². The van der Waals surface area contributed by atoms with Gasteiger partial charge in [0.15, 0.2) is 11.5 Å². The molecule has 2 aromatic rings. The van der Waals surface area contributed by atoms with E-state index in [1.165, 1.54) is 0 Å². The van der Waals surface area contributed by atoms with Crippen LogP contribution in [0.15, 0.2) is 41.4 Å². The second kappa shape index (κ2) is 10.1. The van der Waals surface area contributed by atoms with E-state index in [0.717, 1.165) is 11.3 Å². The Hall–Kier alpha value is -2.97. The number of aliphatic imine (C=N–C) groups is 1. The normalized spacial score (nSPS) is 19.5. The Bertz CT molecular complexity index is 1080. The molecular formula is C25H30ClN3O5. The van der Waals surface area contributed by atoms with Gasteiger partial charge in [0.05, 0.1) is 20.8 Å². The van der Waals surface area contributed by atoms with Gasteiger partial charge in [-0.3, -0.25) is 10.3 Å². The van der Waals surface area contributed by atoms with Gasteiger partial charge in [-0.25, -0.2) is 4.79 Å². The van der Waals surface area contributed by atoms with Crippen LogP contribution in [0.2, 0.25) is 5.02 Å². The molecule has 1 saturated heterocycles. The highest BCUT2D eigenvalue weighted by molar-refractivity contribution is 6.31. The maximum absolute atomic E-state index is 12.2. The van der Waals surface area contributed by atoms with Crippen LogP contribution < -0.4 is 14.8 Å². The summed E-state index contributed by atoms with van der Waals surface area (Å²) in [6.45, 7) is 3.18. The largest absolute Gasteiger partial charge is 0.507 e. The zero-order chi connectivity index (χ0) is 24.3. The number of rotatable bonds is 5. The fraction of sp³-hybridized carbons (Fsp3) is 0.440. The summed E-state index contributed by atoms with van der Waals surface area (Å²) in [6, 6.07) is 10.7. The average Bonchev–Trinajstić information content (AvgIpc) is 2.85. The zero-order valence-corrected chi connectivity index (χ0v) is 20.4. The van der Waals surface area contributed by atoms with Gasteiger partial charge in [0.25, 0.3) is 0 Å². The number of carbonyl (C=O) groups excluding carboxylic acids is 1. The van der Waals surface area contributed by atoms with Crippen LogP contribution in [0, 0.1) is 0 Å². The van der Waals surface area contributed by atoms with Crippen molar-refractivity contribution in [3.05, 3.63) is 52.5 Å². The Balaban J connectivity index is 1.69. The molecule has 0 bridgehead atoms. The average molecular weight is 488 g/mol. The molecule has 0 aromatic heterocycles. The number of carbonyl (C=O) groups is 1. The summed E-state index contributed by atoms with van der Waals surface area (Å²) in [6.07, 6.45) is 1.47. The molecule has 0 radical (unpaired) electrons. The number of amides is 1. The van der Waals surface area contributed by atoms with Gasteiger partial charge in [-0.2, -0.15) is 0 Å². The second-order valence-electron chi connectivity index (χ2n) is 8.45. The number of nitrogens with one attached hydrogen (secondary N) is 1. The topological polar surface area (TPSA) is 92.6 Å². The van der Waals surface area contributed by atoms with Gasteiger partial charge in [-0.05, 0) is 42.8 Å². The van der Waals surface area contributed by atoms with E-state index >= 15 is 0 Å². The summed E-state index contributed by atoms with van der Waals surface area (Å²) in [7, 11) is 3.22. The minimum absolute atomic E-state index is 0.0974. The standard InChI is InChI=1S/C25H30ClN3O5/c1-4-34-24(31)29-11-9-25(10-12-29)27-19(16-5-8-22(32-2)23(13-16)33-3)15-20(28-25)18-14-17(26)6-7-21(18)30/h5-8,13-14,19,27,30H,4,9-12,15H2,1-3H3/t19-/m1/s1. The van der Waals surface area contributed by atoms with Crippen LogP contribution in [0.5, 0.6) is 17.2 Å². The summed E-state index contributed by atoms with van der Waals surface area (Å²) >= 11 is 6.25. The molecule has 2 N–H and O–H groups in total. The van der Waals surface area contributed by atoms with Crippen molar-refractivity contribution in [1.82, 2.24) is 10.2 Å². The van der Waals surface area contributed by atoms with Gasteiger partial charge < -0.3 is 24.2 Å². The van der Waals surface area contributed by atoms with E-state index in [-0.39, 0.29) is 17.9 Å². The molecule has 182 valence electrons. The smallest absolute Gasteiger partial charge is 0.409 e. The molecule has 1 fully saturated rings. The highest BCUT2D eigenvalue weighted by atomic mass is 35.5. The molecule has 34 heavy (non-hydrogen) atoms. The molecule has 4 rings (SSSR count). The summed E-state index contributed by atoms with van der Waals surface area (Å²) in [5.74, 6) is 1.43. The lowest BCUT2D eigenvalue weighted by Gasteiger charge is -2.45. The van der Waals surface area contributed by atoms with Gasteiger partial charge in [-0.15, -0.1) is 0 Å². The molecule has 2 aliphatic heterocycles. The number of methoxy groups -OCH3 is 2. The number of likely N-dealkylation sites (tertiary alicyclic amines) is 1. The molecule has 0 aliphatic carbocycles. The number of benzene rings is 2. The fourth-order valence-corrected chi connectivity index (χ4v) is 4.79. The highest BCUT2D eigenvalue weighted by Gasteiger charge is 2.41. The number of phenolic OH excluding ortho intramolecular Hbond substituents is 1. The van der Waals surface area contributed by atoms with Gasteiger partial charge in [-0.1, -0.05) is 17.7 Å². The van der Waals surface area contributed by atoms with Crippen LogP contribution in [-0.2, 0) is 4.74 Å². The van der Waals surface area contributed by atoms with Crippen LogP contribution in [0.1, 0.15) is 43.4 Å². The predicted octanol–water partition coefficient (Wildman–Crippen LogP) is 4.54. The lowest BCUT2D eigenvalue weighted by molar-refractivity contribution is 0.0779. The highest BCUT2D eigenvalue weighted by Crippen LogP contribution is 2.39. The first-order valence-electron chi connectivity index (χ1n) is 11.4. The second-order valence-corrected chi connectivity index (χ2v) is 8.89. The summed E-state index contributed by atoms with van der Waals surface area (Å²) in [5.41, 5.74) is 1.80. The predicted molar refractivity (Wildman–Crippen MR) is 130 cm³/mol. The SMILES string of the molecule is CCOC(=O)N1CCC2(CC1)N=C(c1cc(Cl)ccc1O)C[C@H](c1ccc(OC)c(OC)c1)N2. The van der Waals surface area contributed by atoms with Crippen molar-refractivity contribution in [3.8, 4) is 17.2 Å². The van der Waals surface area contributed by atoms with Crippen molar-refractivity contribution in [2.45, 2.75) is 37.9 Å². The van der Waals surface area contributed by atoms with Crippen LogP contribution in [-0.4, -0.2) is 61.4 Å². The van der Waals surface area contributed by atoms with Crippen molar-refractivity contribution in [2.24, 2.45) is 4.99 Å². The van der Waals surface area contributed by atoms with E-state index in [9.17, 15) is 9.90 Å². The molecule has 1 spiro atoms. The van der Waals surface area contributed by atoms with E-state index in [1.807, 2.05) is 18.2 Å². The van der Waals surface area contributed by atoms with E-state index < -0.39 is 5.66 Å². The summed E-state index contributed by atoms with van der Waals surface area (Å²) < 4.78 is 16.1. The Kier molecular flexibility index (Phi) is 7.19.